The molecule has 1 aliphatic rings. The normalized spacial score (nSPS) is 20.0. The monoisotopic (exact) mass is 359 g/mol. The second-order valence-corrected chi connectivity index (χ2v) is 6.41. The van der Waals surface area contributed by atoms with Gasteiger partial charge in [-0.1, -0.05) is 18.2 Å². The fraction of sp³-hybridized carbons (Fsp3) is 0.375. The molecule has 0 spiro atoms. The molecule has 1 aromatic carbocycles. The number of hydrogen-bond acceptors (Lipinski definition) is 6. The number of carbonyl (C=O) groups excluding carboxylic acids is 1. The van der Waals surface area contributed by atoms with Crippen molar-refractivity contribution in [3.05, 3.63) is 46.3 Å². The number of benzene rings is 1. The summed E-state index contributed by atoms with van der Waals surface area (Å²) in [6.45, 7) is 2.48. The maximum Gasteiger partial charge on any atom is 0.308 e. The van der Waals surface area contributed by atoms with Crippen molar-refractivity contribution >= 4 is 17.6 Å². The van der Waals surface area contributed by atoms with Crippen LogP contribution in [0.1, 0.15) is 23.8 Å². The molecule has 1 aromatic heterocycles. The van der Waals surface area contributed by atoms with Gasteiger partial charge < -0.3 is 10.0 Å². The van der Waals surface area contributed by atoms with Crippen LogP contribution >= 0.6 is 0 Å². The Labute approximate surface area is 148 Å². The highest BCUT2D eigenvalue weighted by Gasteiger charge is 2.33. The maximum absolute atomic E-state index is 12.6. The fourth-order valence-corrected chi connectivity index (χ4v) is 3.10. The highest BCUT2D eigenvalue weighted by molar-refractivity contribution is 5.92. The van der Waals surface area contributed by atoms with Crippen LogP contribution in [-0.2, 0) is 4.79 Å². The van der Waals surface area contributed by atoms with Crippen LogP contribution in [0.15, 0.2) is 30.5 Å². The second-order valence-electron chi connectivity index (χ2n) is 6.41. The average molecular weight is 359 g/mol. The summed E-state index contributed by atoms with van der Waals surface area (Å²) in [5.74, 6) is -1.86. The first kappa shape index (κ1) is 17.5. The number of piperidine rings is 1. The summed E-state index contributed by atoms with van der Waals surface area (Å²) in [6, 6.07) is 5.81. The number of carbonyl (C=O) groups is 2. The molecule has 10 nitrogen and oxygen atoms in total. The molecule has 1 amide bonds. The van der Waals surface area contributed by atoms with Crippen molar-refractivity contribution in [2.45, 2.75) is 13.3 Å². The third-order valence-electron chi connectivity index (χ3n) is 4.31. The molecule has 1 N–H and O–H groups in total. The lowest BCUT2D eigenvalue weighted by atomic mass is 9.90. The Kier molecular flexibility index (Phi) is 4.65. The minimum absolute atomic E-state index is 0.0646. The molecule has 136 valence electrons. The number of carboxylic acids is 1. The SMILES string of the molecule is CC1CC(C(=O)O)CN(C(=O)c2cn(-c3cccc([N+](=O)[O-])c3)nn2)C1. The van der Waals surface area contributed by atoms with E-state index in [4.69, 9.17) is 0 Å². The lowest BCUT2D eigenvalue weighted by molar-refractivity contribution is -0.384. The van der Waals surface area contributed by atoms with Gasteiger partial charge in [0.15, 0.2) is 5.69 Å². The molecule has 0 bridgehead atoms. The number of nitro benzene ring substituents is 1. The summed E-state index contributed by atoms with van der Waals surface area (Å²) < 4.78 is 1.28. The zero-order chi connectivity index (χ0) is 18.8. The van der Waals surface area contributed by atoms with Gasteiger partial charge >= 0.3 is 5.97 Å². The quantitative estimate of drug-likeness (QED) is 0.644. The van der Waals surface area contributed by atoms with E-state index < -0.39 is 22.7 Å². The van der Waals surface area contributed by atoms with Crippen LogP contribution < -0.4 is 0 Å². The van der Waals surface area contributed by atoms with Crippen molar-refractivity contribution in [2.75, 3.05) is 13.1 Å². The van der Waals surface area contributed by atoms with Gasteiger partial charge in [-0.15, -0.1) is 5.10 Å². The first-order valence-electron chi connectivity index (χ1n) is 8.04. The van der Waals surface area contributed by atoms with Crippen molar-refractivity contribution < 1.29 is 19.6 Å². The molecular formula is C16H17N5O5. The highest BCUT2D eigenvalue weighted by atomic mass is 16.6. The summed E-state index contributed by atoms with van der Waals surface area (Å²) in [7, 11) is 0. The molecular weight excluding hydrogens is 342 g/mol. The molecule has 2 unspecified atom stereocenters. The minimum atomic E-state index is -0.922. The number of rotatable bonds is 4. The van der Waals surface area contributed by atoms with Gasteiger partial charge in [0, 0.05) is 25.2 Å². The van der Waals surface area contributed by atoms with Gasteiger partial charge in [-0.05, 0) is 18.4 Å². The molecule has 1 fully saturated rings. The molecule has 0 saturated carbocycles. The maximum atomic E-state index is 12.6. The van der Waals surface area contributed by atoms with Gasteiger partial charge in [-0.2, -0.15) is 0 Å². The van der Waals surface area contributed by atoms with E-state index in [-0.39, 0.29) is 23.8 Å². The molecule has 0 radical (unpaired) electrons. The Morgan fingerprint density at radius 3 is 2.81 bits per heavy atom. The first-order chi connectivity index (χ1) is 12.3. The molecule has 10 heteroatoms. The third kappa shape index (κ3) is 3.53. The number of nitro groups is 1. The van der Waals surface area contributed by atoms with Crippen LogP contribution in [0.5, 0.6) is 0 Å². The number of carboxylic acid groups (broad SMARTS) is 1. The van der Waals surface area contributed by atoms with E-state index in [1.165, 1.54) is 34.0 Å². The molecule has 1 aliphatic heterocycles. The zero-order valence-corrected chi connectivity index (χ0v) is 14.0. The van der Waals surface area contributed by atoms with E-state index in [0.717, 1.165) is 0 Å². The summed E-state index contributed by atoms with van der Waals surface area (Å²) in [4.78, 5) is 35.7. The molecule has 2 heterocycles. The van der Waals surface area contributed by atoms with Crippen LogP contribution in [0.2, 0.25) is 0 Å². The van der Waals surface area contributed by atoms with E-state index in [0.29, 0.717) is 18.7 Å². The van der Waals surface area contributed by atoms with Crippen molar-refractivity contribution in [3.8, 4) is 5.69 Å². The predicted octanol–water partition coefficient (Wildman–Crippen LogP) is 1.36. The fourth-order valence-electron chi connectivity index (χ4n) is 3.10. The molecule has 0 aliphatic carbocycles. The number of hydrogen-bond donors (Lipinski definition) is 1. The van der Waals surface area contributed by atoms with Crippen molar-refractivity contribution in [3.63, 3.8) is 0 Å². The molecule has 3 rings (SSSR count). The van der Waals surface area contributed by atoms with Crippen LogP contribution in [0.25, 0.3) is 5.69 Å². The average Bonchev–Trinajstić information content (AvgIpc) is 3.10. The molecule has 2 aromatic rings. The van der Waals surface area contributed by atoms with Gasteiger partial charge in [0.2, 0.25) is 0 Å². The Hall–Kier alpha value is -3.30. The molecule has 26 heavy (non-hydrogen) atoms. The van der Waals surface area contributed by atoms with E-state index in [1.807, 2.05) is 6.92 Å². The smallest absolute Gasteiger partial charge is 0.308 e. The van der Waals surface area contributed by atoms with Crippen LogP contribution in [-0.4, -0.2) is 54.9 Å². The van der Waals surface area contributed by atoms with Crippen molar-refractivity contribution in [2.24, 2.45) is 11.8 Å². The Balaban J connectivity index is 1.81. The second kappa shape index (κ2) is 6.90. The topological polar surface area (TPSA) is 131 Å². The van der Waals surface area contributed by atoms with Gasteiger partial charge in [0.1, 0.15) is 0 Å². The predicted molar refractivity (Wildman–Crippen MR) is 88.8 cm³/mol. The van der Waals surface area contributed by atoms with Crippen LogP contribution in [0.4, 0.5) is 5.69 Å². The van der Waals surface area contributed by atoms with E-state index in [9.17, 15) is 24.8 Å². The molecule has 1 saturated heterocycles. The highest BCUT2D eigenvalue weighted by Crippen LogP contribution is 2.23. The summed E-state index contributed by atoms with van der Waals surface area (Å²) in [5.41, 5.74) is 0.371. The summed E-state index contributed by atoms with van der Waals surface area (Å²) >= 11 is 0. The Morgan fingerprint density at radius 2 is 2.12 bits per heavy atom. The summed E-state index contributed by atoms with van der Waals surface area (Å²) in [6.07, 6.45) is 1.91. The lowest BCUT2D eigenvalue weighted by Gasteiger charge is -2.34. The molecule has 2 atom stereocenters. The van der Waals surface area contributed by atoms with E-state index in [1.54, 1.807) is 6.07 Å². The first-order valence-corrected chi connectivity index (χ1v) is 8.04. The number of aliphatic carboxylic acids is 1. The van der Waals surface area contributed by atoms with Gasteiger partial charge in [0.05, 0.1) is 22.7 Å². The zero-order valence-electron chi connectivity index (χ0n) is 14.0. The van der Waals surface area contributed by atoms with Crippen molar-refractivity contribution in [1.29, 1.82) is 0 Å². The number of non-ortho nitro benzene ring substituents is 1. The summed E-state index contributed by atoms with van der Waals surface area (Å²) in [5, 5.41) is 27.8. The van der Waals surface area contributed by atoms with Crippen LogP contribution in [0.3, 0.4) is 0 Å². The number of nitrogens with zero attached hydrogens (tertiary/aromatic N) is 5. The standard InChI is InChI=1S/C16H17N5O5/c1-10-5-11(16(23)24)8-19(7-10)15(22)14-9-20(18-17-14)12-3-2-4-13(6-12)21(25)26/h2-4,6,9-11H,5,7-8H2,1H3,(H,23,24). The lowest BCUT2D eigenvalue weighted by Crippen LogP contribution is -2.45. The van der Waals surface area contributed by atoms with Gasteiger partial charge in [-0.3, -0.25) is 19.7 Å². The number of amides is 1. The van der Waals surface area contributed by atoms with Crippen molar-refractivity contribution in [1.82, 2.24) is 19.9 Å². The largest absolute Gasteiger partial charge is 0.481 e. The third-order valence-corrected chi connectivity index (χ3v) is 4.31. The van der Waals surface area contributed by atoms with E-state index in [2.05, 4.69) is 10.3 Å². The van der Waals surface area contributed by atoms with Gasteiger partial charge in [0.25, 0.3) is 11.6 Å². The van der Waals surface area contributed by atoms with E-state index >= 15 is 0 Å². The number of aromatic nitrogens is 3. The number of likely N-dealkylation sites (tertiary alicyclic amines) is 1. The Bertz CT molecular complexity index is 864. The minimum Gasteiger partial charge on any atom is -0.481 e. The Morgan fingerprint density at radius 1 is 1.35 bits per heavy atom. The van der Waals surface area contributed by atoms with Gasteiger partial charge in [-0.25, -0.2) is 4.68 Å². The van der Waals surface area contributed by atoms with Crippen LogP contribution in [0, 0.1) is 22.0 Å².